The molecule has 0 amide bonds. The normalized spacial score (nSPS) is 20.2. The Morgan fingerprint density at radius 1 is 0.528 bits per heavy atom. The van der Waals surface area contributed by atoms with Crippen LogP contribution >= 0.6 is 0 Å². The maximum Gasteiger partial charge on any atom is 0.338 e. The molecule has 0 bridgehead atoms. The van der Waals surface area contributed by atoms with Crippen molar-refractivity contribution < 1.29 is 66.9 Å². The summed E-state index contributed by atoms with van der Waals surface area (Å²) in [5.41, 5.74) is 1.69. The van der Waals surface area contributed by atoms with Crippen molar-refractivity contribution in [3.8, 4) is 11.5 Å². The minimum absolute atomic E-state index is 0.110. The fourth-order valence-corrected chi connectivity index (χ4v) is 4.91. The number of esters is 4. The van der Waals surface area contributed by atoms with E-state index in [2.05, 4.69) is 0 Å². The molecule has 282 valence electrons. The molecular weight excluding hydrogens is 692 g/mol. The molecule has 14 nitrogen and oxygen atoms in total. The fraction of sp³-hybridized carbons (Fsp3) is 0.436. The van der Waals surface area contributed by atoms with E-state index in [0.717, 1.165) is 5.56 Å². The number of ether oxygens (including phenoxy) is 9. The van der Waals surface area contributed by atoms with Gasteiger partial charge in [-0.15, -0.1) is 0 Å². The standard InChI is InChI=1S/C23H24O7.C16H18O7/c24-22(26-8-6-19-14-29-19)17-10-18(23(25)27-9-7-20-15-30-20)12-21(11-17)28-13-16-4-2-1-3-5-16;17-12-6-10(15(18)20-3-1-13-8-22-13)5-11(7-12)16(19)21-4-2-14-9-23-14/h1-5,10-12,19-20H,6-9,13-15H2;5-7,13-14,17H,1-4,8-9H2. The molecule has 14 heteroatoms. The summed E-state index contributed by atoms with van der Waals surface area (Å²) in [5.74, 6) is -2.01. The summed E-state index contributed by atoms with van der Waals surface area (Å²) < 4.78 is 46.9. The number of carbonyl (C=O) groups excluding carboxylic acids is 4. The second-order valence-electron chi connectivity index (χ2n) is 12.8. The number of epoxide rings is 4. The van der Waals surface area contributed by atoms with Crippen molar-refractivity contribution in [2.45, 2.75) is 56.7 Å². The van der Waals surface area contributed by atoms with Crippen LogP contribution in [0.3, 0.4) is 0 Å². The molecule has 3 aromatic carbocycles. The van der Waals surface area contributed by atoms with E-state index in [1.54, 1.807) is 12.1 Å². The Morgan fingerprint density at radius 3 is 1.21 bits per heavy atom. The van der Waals surface area contributed by atoms with Crippen LogP contribution in [0, 0.1) is 0 Å². The average Bonchev–Trinajstić information content (AvgIpc) is 3.96. The molecule has 4 atom stereocenters. The molecule has 4 unspecified atom stereocenters. The first kappa shape index (κ1) is 37.7. The van der Waals surface area contributed by atoms with Gasteiger partial charge in [-0.2, -0.15) is 0 Å². The van der Waals surface area contributed by atoms with Crippen LogP contribution in [0.2, 0.25) is 0 Å². The topological polar surface area (TPSA) is 185 Å². The van der Waals surface area contributed by atoms with Gasteiger partial charge in [0.15, 0.2) is 0 Å². The van der Waals surface area contributed by atoms with Gasteiger partial charge in [0.2, 0.25) is 0 Å². The zero-order valence-electron chi connectivity index (χ0n) is 29.1. The van der Waals surface area contributed by atoms with Gasteiger partial charge in [0, 0.05) is 25.7 Å². The summed E-state index contributed by atoms with van der Waals surface area (Å²) in [7, 11) is 0. The first-order chi connectivity index (χ1) is 25.8. The summed E-state index contributed by atoms with van der Waals surface area (Å²) >= 11 is 0. The lowest BCUT2D eigenvalue weighted by molar-refractivity contribution is 0.0471. The highest BCUT2D eigenvalue weighted by molar-refractivity contribution is 5.97. The van der Waals surface area contributed by atoms with Crippen LogP contribution < -0.4 is 4.74 Å². The third-order valence-electron chi connectivity index (χ3n) is 8.32. The van der Waals surface area contributed by atoms with Crippen molar-refractivity contribution in [1.82, 2.24) is 0 Å². The predicted octanol–water partition coefficient (Wildman–Crippen LogP) is 4.44. The van der Waals surface area contributed by atoms with Gasteiger partial charge in [-0.1, -0.05) is 30.3 Å². The highest BCUT2D eigenvalue weighted by atomic mass is 16.6. The van der Waals surface area contributed by atoms with E-state index in [-0.39, 0.29) is 78.8 Å². The maximum absolute atomic E-state index is 12.5. The Kier molecular flexibility index (Phi) is 13.3. The van der Waals surface area contributed by atoms with Gasteiger partial charge in [-0.25, -0.2) is 19.2 Å². The van der Waals surface area contributed by atoms with Crippen molar-refractivity contribution >= 4 is 23.9 Å². The van der Waals surface area contributed by atoms with Crippen molar-refractivity contribution in [2.75, 3.05) is 52.9 Å². The maximum atomic E-state index is 12.5. The van der Waals surface area contributed by atoms with E-state index in [1.807, 2.05) is 30.3 Å². The molecule has 0 aliphatic carbocycles. The first-order valence-electron chi connectivity index (χ1n) is 17.6. The molecule has 4 heterocycles. The zero-order chi connectivity index (χ0) is 37.0. The monoisotopic (exact) mass is 734 g/mol. The van der Waals surface area contributed by atoms with Crippen LogP contribution in [-0.4, -0.2) is 106 Å². The Hall–Kier alpha value is -5.02. The fourth-order valence-electron chi connectivity index (χ4n) is 4.91. The quantitative estimate of drug-likeness (QED) is 0.104. The number of hydrogen-bond acceptors (Lipinski definition) is 14. The molecule has 4 aliphatic heterocycles. The van der Waals surface area contributed by atoms with E-state index in [9.17, 15) is 24.3 Å². The minimum Gasteiger partial charge on any atom is -0.508 e. The molecule has 4 fully saturated rings. The number of rotatable bonds is 19. The van der Waals surface area contributed by atoms with Crippen molar-refractivity contribution in [1.29, 1.82) is 0 Å². The first-order valence-corrected chi connectivity index (χ1v) is 17.6. The number of aromatic hydroxyl groups is 1. The number of carbonyl (C=O) groups is 4. The van der Waals surface area contributed by atoms with Gasteiger partial charge in [0.1, 0.15) is 18.1 Å². The third-order valence-corrected chi connectivity index (χ3v) is 8.32. The molecule has 1 N–H and O–H groups in total. The highest BCUT2D eigenvalue weighted by Gasteiger charge is 2.26. The molecule has 7 rings (SSSR count). The summed E-state index contributed by atoms with van der Waals surface area (Å²) in [5, 5.41) is 9.68. The Balaban J connectivity index is 0.000000188. The molecule has 53 heavy (non-hydrogen) atoms. The lowest BCUT2D eigenvalue weighted by Crippen LogP contribution is -2.12. The summed E-state index contributed by atoms with van der Waals surface area (Å²) in [6.07, 6.45) is 3.31. The van der Waals surface area contributed by atoms with E-state index in [4.69, 9.17) is 42.6 Å². The third kappa shape index (κ3) is 13.5. The molecule has 0 aromatic heterocycles. The van der Waals surface area contributed by atoms with Gasteiger partial charge in [-0.3, -0.25) is 0 Å². The number of phenolic OH excluding ortho intramolecular Hbond substituents is 1. The summed E-state index contributed by atoms with van der Waals surface area (Å²) in [6, 6.07) is 18.1. The Bertz CT molecular complexity index is 1610. The predicted molar refractivity (Wildman–Crippen MR) is 184 cm³/mol. The molecule has 3 aromatic rings. The highest BCUT2D eigenvalue weighted by Crippen LogP contribution is 2.23. The van der Waals surface area contributed by atoms with Gasteiger partial charge >= 0.3 is 23.9 Å². The molecule has 0 spiro atoms. The zero-order valence-corrected chi connectivity index (χ0v) is 29.1. The van der Waals surface area contributed by atoms with Gasteiger partial charge in [0.05, 0.1) is 99.5 Å². The van der Waals surface area contributed by atoms with Crippen LogP contribution in [0.1, 0.15) is 72.7 Å². The van der Waals surface area contributed by atoms with E-state index in [0.29, 0.717) is 64.5 Å². The molecule has 4 saturated heterocycles. The Morgan fingerprint density at radius 2 is 0.868 bits per heavy atom. The summed E-state index contributed by atoms with van der Waals surface area (Å²) in [6.45, 7) is 4.13. The second kappa shape index (κ2) is 18.6. The van der Waals surface area contributed by atoms with E-state index >= 15 is 0 Å². The average molecular weight is 735 g/mol. The second-order valence-corrected chi connectivity index (χ2v) is 12.8. The van der Waals surface area contributed by atoms with Crippen molar-refractivity contribution in [2.24, 2.45) is 0 Å². The minimum atomic E-state index is -0.595. The lowest BCUT2D eigenvalue weighted by atomic mass is 10.1. The van der Waals surface area contributed by atoms with Gasteiger partial charge < -0.3 is 47.7 Å². The van der Waals surface area contributed by atoms with Crippen LogP contribution in [-0.2, 0) is 44.5 Å². The molecule has 0 saturated carbocycles. The van der Waals surface area contributed by atoms with Crippen LogP contribution in [0.25, 0.3) is 0 Å². The van der Waals surface area contributed by atoms with Crippen molar-refractivity contribution in [3.05, 3.63) is 94.5 Å². The van der Waals surface area contributed by atoms with Crippen LogP contribution in [0.5, 0.6) is 11.5 Å². The van der Waals surface area contributed by atoms with E-state index in [1.165, 1.54) is 24.3 Å². The Labute approximate surface area is 306 Å². The molecule has 4 aliphatic rings. The van der Waals surface area contributed by atoms with Gasteiger partial charge in [-0.05, 0) is 42.0 Å². The molecule has 0 radical (unpaired) electrons. The largest absolute Gasteiger partial charge is 0.508 e. The number of hydrogen-bond donors (Lipinski definition) is 1. The number of benzene rings is 3. The lowest BCUT2D eigenvalue weighted by Gasteiger charge is -2.11. The van der Waals surface area contributed by atoms with Crippen molar-refractivity contribution in [3.63, 3.8) is 0 Å². The molecular formula is C39H42O14. The SMILES string of the molecule is O=C(OCCC1CO1)c1cc(O)cc(C(=O)OCCC2CO2)c1.O=C(OCCC1CO1)c1cc(OCc2ccccc2)cc(C(=O)OCCC2CO2)c1. The van der Waals surface area contributed by atoms with Gasteiger partial charge in [0.25, 0.3) is 0 Å². The van der Waals surface area contributed by atoms with Crippen LogP contribution in [0.15, 0.2) is 66.7 Å². The van der Waals surface area contributed by atoms with E-state index < -0.39 is 23.9 Å². The summed E-state index contributed by atoms with van der Waals surface area (Å²) in [4.78, 5) is 48.8. The van der Waals surface area contributed by atoms with Crippen LogP contribution in [0.4, 0.5) is 0 Å². The smallest absolute Gasteiger partial charge is 0.338 e. The number of phenols is 1.